The Kier molecular flexibility index (Phi) is 6.77. The Morgan fingerprint density at radius 3 is 2.67 bits per heavy atom. The van der Waals surface area contributed by atoms with E-state index in [0.717, 1.165) is 42.8 Å². The van der Waals surface area contributed by atoms with E-state index in [0.29, 0.717) is 5.56 Å². The van der Waals surface area contributed by atoms with Crippen LogP contribution in [0.25, 0.3) is 0 Å². The van der Waals surface area contributed by atoms with E-state index in [-0.39, 0.29) is 0 Å². The maximum Gasteiger partial charge on any atom is 0.103 e. The van der Waals surface area contributed by atoms with Gasteiger partial charge in [0.25, 0.3) is 0 Å². The highest BCUT2D eigenvalue weighted by Gasteiger charge is 2.05. The molecule has 0 aliphatic rings. The standard InChI is InChI=1S/C14H20BrN3/c1-3-18(4-2)10-6-9-17-14-8-5-7-13(15)12(14)11-16/h5,7-8,17H,3-4,6,9-10H2,1-2H3. The van der Waals surface area contributed by atoms with Gasteiger partial charge in [-0.25, -0.2) is 0 Å². The average Bonchev–Trinajstić information content (AvgIpc) is 2.39. The van der Waals surface area contributed by atoms with Gasteiger partial charge in [0.2, 0.25) is 0 Å². The second-order valence-electron chi connectivity index (χ2n) is 4.08. The largest absolute Gasteiger partial charge is 0.384 e. The van der Waals surface area contributed by atoms with Crippen molar-refractivity contribution in [2.45, 2.75) is 20.3 Å². The van der Waals surface area contributed by atoms with Gasteiger partial charge < -0.3 is 10.2 Å². The van der Waals surface area contributed by atoms with Crippen molar-refractivity contribution >= 4 is 21.6 Å². The zero-order valence-electron chi connectivity index (χ0n) is 11.0. The Morgan fingerprint density at radius 1 is 1.33 bits per heavy atom. The van der Waals surface area contributed by atoms with Crippen LogP contribution in [0.5, 0.6) is 0 Å². The van der Waals surface area contributed by atoms with Crippen molar-refractivity contribution in [1.82, 2.24) is 4.90 Å². The van der Waals surface area contributed by atoms with Gasteiger partial charge in [0, 0.05) is 11.0 Å². The molecule has 4 heteroatoms. The lowest BCUT2D eigenvalue weighted by molar-refractivity contribution is 0.303. The van der Waals surface area contributed by atoms with Crippen LogP contribution in [0.3, 0.4) is 0 Å². The first-order valence-electron chi connectivity index (χ1n) is 6.37. The van der Waals surface area contributed by atoms with Crippen molar-refractivity contribution in [2.75, 3.05) is 31.5 Å². The van der Waals surface area contributed by atoms with E-state index >= 15 is 0 Å². The number of hydrogen-bond acceptors (Lipinski definition) is 3. The van der Waals surface area contributed by atoms with E-state index in [1.54, 1.807) is 0 Å². The molecule has 0 heterocycles. The zero-order valence-corrected chi connectivity index (χ0v) is 12.6. The van der Waals surface area contributed by atoms with Crippen LogP contribution in [0.15, 0.2) is 22.7 Å². The van der Waals surface area contributed by atoms with Gasteiger partial charge in [-0.15, -0.1) is 0 Å². The Morgan fingerprint density at radius 2 is 2.06 bits per heavy atom. The van der Waals surface area contributed by atoms with Gasteiger partial charge in [-0.1, -0.05) is 19.9 Å². The van der Waals surface area contributed by atoms with E-state index < -0.39 is 0 Å². The van der Waals surface area contributed by atoms with Gasteiger partial charge >= 0.3 is 0 Å². The number of hydrogen-bond donors (Lipinski definition) is 1. The third-order valence-corrected chi connectivity index (χ3v) is 3.65. The summed E-state index contributed by atoms with van der Waals surface area (Å²) < 4.78 is 0.846. The summed E-state index contributed by atoms with van der Waals surface area (Å²) in [6.07, 6.45) is 1.08. The number of halogens is 1. The van der Waals surface area contributed by atoms with E-state index in [4.69, 9.17) is 5.26 Å². The quantitative estimate of drug-likeness (QED) is 0.784. The molecule has 0 aromatic heterocycles. The fourth-order valence-corrected chi connectivity index (χ4v) is 2.31. The van der Waals surface area contributed by atoms with Crippen LogP contribution in [0.4, 0.5) is 5.69 Å². The number of anilines is 1. The molecule has 3 nitrogen and oxygen atoms in total. The lowest BCUT2D eigenvalue weighted by Crippen LogP contribution is -2.25. The molecule has 1 N–H and O–H groups in total. The highest BCUT2D eigenvalue weighted by Crippen LogP contribution is 2.23. The van der Waals surface area contributed by atoms with Gasteiger partial charge in [0.15, 0.2) is 0 Å². The fraction of sp³-hybridized carbons (Fsp3) is 0.500. The Balaban J connectivity index is 2.45. The fourth-order valence-electron chi connectivity index (χ4n) is 1.85. The molecule has 0 unspecified atom stereocenters. The molecule has 0 spiro atoms. The van der Waals surface area contributed by atoms with Crippen molar-refractivity contribution in [3.05, 3.63) is 28.2 Å². The van der Waals surface area contributed by atoms with E-state index in [1.165, 1.54) is 0 Å². The van der Waals surface area contributed by atoms with Crippen molar-refractivity contribution in [1.29, 1.82) is 5.26 Å². The maximum atomic E-state index is 9.09. The summed E-state index contributed by atoms with van der Waals surface area (Å²) >= 11 is 3.39. The first kappa shape index (κ1) is 15.0. The number of nitrogens with zero attached hydrogens (tertiary/aromatic N) is 2. The summed E-state index contributed by atoms with van der Waals surface area (Å²) in [5.41, 5.74) is 1.59. The Hall–Kier alpha value is -1.05. The lowest BCUT2D eigenvalue weighted by atomic mass is 10.2. The van der Waals surface area contributed by atoms with Gasteiger partial charge in [-0.2, -0.15) is 5.26 Å². The summed E-state index contributed by atoms with van der Waals surface area (Å²) in [6, 6.07) is 7.99. The molecule has 0 amide bonds. The summed E-state index contributed by atoms with van der Waals surface area (Å²) in [6.45, 7) is 8.53. The molecule has 0 aliphatic heterocycles. The number of nitriles is 1. The summed E-state index contributed by atoms with van der Waals surface area (Å²) in [5, 5.41) is 12.4. The van der Waals surface area contributed by atoms with Crippen molar-refractivity contribution < 1.29 is 0 Å². The van der Waals surface area contributed by atoms with E-state index in [1.807, 2.05) is 18.2 Å². The minimum Gasteiger partial charge on any atom is -0.384 e. The first-order valence-corrected chi connectivity index (χ1v) is 7.17. The van der Waals surface area contributed by atoms with Gasteiger partial charge in [0.1, 0.15) is 6.07 Å². The van der Waals surface area contributed by atoms with Gasteiger partial charge in [0.05, 0.1) is 11.3 Å². The summed E-state index contributed by atoms with van der Waals surface area (Å²) in [4.78, 5) is 2.40. The molecule has 0 saturated heterocycles. The molecule has 1 rings (SSSR count). The average molecular weight is 310 g/mol. The van der Waals surface area contributed by atoms with Crippen molar-refractivity contribution in [2.24, 2.45) is 0 Å². The third kappa shape index (κ3) is 4.32. The molecule has 0 radical (unpaired) electrons. The monoisotopic (exact) mass is 309 g/mol. The minimum atomic E-state index is 0.681. The predicted molar refractivity (Wildman–Crippen MR) is 79.8 cm³/mol. The third-order valence-electron chi connectivity index (χ3n) is 2.99. The normalized spacial score (nSPS) is 10.4. The van der Waals surface area contributed by atoms with E-state index in [9.17, 15) is 0 Å². The predicted octanol–water partition coefficient (Wildman–Crippen LogP) is 3.46. The molecule has 0 bridgehead atoms. The molecule has 1 aromatic rings. The molecule has 0 atom stereocenters. The molecule has 0 aliphatic carbocycles. The highest BCUT2D eigenvalue weighted by molar-refractivity contribution is 9.10. The molecule has 1 aromatic carbocycles. The van der Waals surface area contributed by atoms with Crippen molar-refractivity contribution in [3.63, 3.8) is 0 Å². The molecule has 0 saturated carbocycles. The van der Waals surface area contributed by atoms with Crippen LogP contribution in [-0.2, 0) is 0 Å². The van der Waals surface area contributed by atoms with Crippen LogP contribution < -0.4 is 5.32 Å². The Labute approximate surface area is 118 Å². The first-order chi connectivity index (χ1) is 8.72. The molecular formula is C14H20BrN3. The van der Waals surface area contributed by atoms with E-state index in [2.05, 4.69) is 46.1 Å². The second kappa shape index (κ2) is 8.12. The second-order valence-corrected chi connectivity index (χ2v) is 4.94. The van der Waals surface area contributed by atoms with Crippen LogP contribution in [0.2, 0.25) is 0 Å². The highest BCUT2D eigenvalue weighted by atomic mass is 79.9. The SMILES string of the molecule is CCN(CC)CCCNc1cccc(Br)c1C#N. The summed E-state index contributed by atoms with van der Waals surface area (Å²) in [7, 11) is 0. The zero-order chi connectivity index (χ0) is 13.4. The molecule has 98 valence electrons. The number of rotatable bonds is 7. The minimum absolute atomic E-state index is 0.681. The van der Waals surface area contributed by atoms with Crippen LogP contribution in [0, 0.1) is 11.3 Å². The number of benzene rings is 1. The number of nitrogens with one attached hydrogen (secondary N) is 1. The van der Waals surface area contributed by atoms with Crippen LogP contribution in [-0.4, -0.2) is 31.1 Å². The topological polar surface area (TPSA) is 39.1 Å². The summed E-state index contributed by atoms with van der Waals surface area (Å²) in [5.74, 6) is 0. The Bertz CT molecular complexity index is 408. The smallest absolute Gasteiger partial charge is 0.103 e. The van der Waals surface area contributed by atoms with Crippen LogP contribution >= 0.6 is 15.9 Å². The molecular weight excluding hydrogens is 290 g/mol. The van der Waals surface area contributed by atoms with Gasteiger partial charge in [-0.05, 0) is 54.1 Å². The molecule has 18 heavy (non-hydrogen) atoms. The lowest BCUT2D eigenvalue weighted by Gasteiger charge is -2.18. The van der Waals surface area contributed by atoms with Crippen LogP contribution in [0.1, 0.15) is 25.8 Å². The van der Waals surface area contributed by atoms with Crippen molar-refractivity contribution in [3.8, 4) is 6.07 Å². The molecule has 0 fully saturated rings. The van der Waals surface area contributed by atoms with Gasteiger partial charge in [-0.3, -0.25) is 0 Å². The maximum absolute atomic E-state index is 9.09.